The Morgan fingerprint density at radius 2 is 1.76 bits per heavy atom. The number of nitrogens with one attached hydrogen (secondary N) is 1. The van der Waals surface area contributed by atoms with Gasteiger partial charge in [0, 0.05) is 23.7 Å². The van der Waals surface area contributed by atoms with Crippen LogP contribution in [0.3, 0.4) is 0 Å². The van der Waals surface area contributed by atoms with Gasteiger partial charge < -0.3 is 5.32 Å². The molecule has 0 aromatic carbocycles. The van der Waals surface area contributed by atoms with Crippen molar-refractivity contribution in [2.24, 2.45) is 5.92 Å². The van der Waals surface area contributed by atoms with Gasteiger partial charge in [0.2, 0.25) is 5.91 Å². The van der Waals surface area contributed by atoms with Gasteiger partial charge >= 0.3 is 0 Å². The standard InChI is InChI=1S/C7H8N2OS.C6H7NS.C6H12/c10-6(5-1-2-5)9-7-8-3-4-11-7;1-8-6-4-2-3-5-7-6;1-2-4-6-5-3-1/h3-5H,1-2H2,(H,8,9,10);2-5H,1H3;1-6H2. The maximum atomic E-state index is 11.1. The zero-order valence-electron chi connectivity index (χ0n) is 14.8. The smallest absolute Gasteiger partial charge is 0.229 e. The predicted octanol–water partition coefficient (Wildman–Crippen LogP) is 5.64. The van der Waals surface area contributed by atoms with E-state index in [1.807, 2.05) is 29.8 Å². The van der Waals surface area contributed by atoms with E-state index in [0.717, 1.165) is 17.9 Å². The van der Waals surface area contributed by atoms with E-state index in [0.29, 0.717) is 5.13 Å². The van der Waals surface area contributed by atoms with Gasteiger partial charge in [0.1, 0.15) is 0 Å². The van der Waals surface area contributed by atoms with Gasteiger partial charge in [0.25, 0.3) is 0 Å². The Morgan fingerprint density at radius 1 is 1.08 bits per heavy atom. The van der Waals surface area contributed by atoms with Crippen molar-refractivity contribution in [3.63, 3.8) is 0 Å². The molecule has 2 aliphatic rings. The number of aromatic nitrogens is 2. The molecule has 4 nitrogen and oxygen atoms in total. The SMILES string of the molecule is C1CCCCC1.CSc1ccccn1.O=C(Nc1nccs1)C1CC1. The summed E-state index contributed by atoms with van der Waals surface area (Å²) >= 11 is 3.11. The maximum Gasteiger partial charge on any atom is 0.229 e. The van der Waals surface area contributed by atoms with E-state index in [-0.39, 0.29) is 11.8 Å². The molecule has 2 heterocycles. The molecule has 2 aliphatic carbocycles. The fraction of sp³-hybridized carbons (Fsp3) is 0.526. The Labute approximate surface area is 158 Å². The van der Waals surface area contributed by atoms with E-state index in [1.165, 1.54) is 49.9 Å². The maximum absolute atomic E-state index is 11.1. The van der Waals surface area contributed by atoms with Gasteiger partial charge in [-0.15, -0.1) is 23.1 Å². The minimum absolute atomic E-state index is 0.125. The first-order valence-electron chi connectivity index (χ1n) is 8.95. The van der Waals surface area contributed by atoms with Crippen LogP contribution in [0.1, 0.15) is 51.4 Å². The van der Waals surface area contributed by atoms with Gasteiger partial charge in [-0.1, -0.05) is 44.6 Å². The summed E-state index contributed by atoms with van der Waals surface area (Å²) in [6, 6.07) is 5.89. The number of carbonyl (C=O) groups is 1. The molecule has 2 aromatic heterocycles. The van der Waals surface area contributed by atoms with Crippen LogP contribution in [0.2, 0.25) is 0 Å². The molecule has 2 saturated carbocycles. The first-order valence-corrected chi connectivity index (χ1v) is 11.1. The normalized spacial score (nSPS) is 15.9. The van der Waals surface area contributed by atoms with Crippen molar-refractivity contribution in [2.75, 3.05) is 11.6 Å². The second-order valence-corrected chi connectivity index (χ2v) is 7.82. The van der Waals surface area contributed by atoms with Gasteiger partial charge in [-0.05, 0) is 31.2 Å². The average molecular weight is 378 g/mol. The molecule has 1 amide bonds. The van der Waals surface area contributed by atoms with Crippen LogP contribution in [0.15, 0.2) is 41.0 Å². The molecule has 25 heavy (non-hydrogen) atoms. The van der Waals surface area contributed by atoms with E-state index >= 15 is 0 Å². The van der Waals surface area contributed by atoms with Crippen molar-refractivity contribution < 1.29 is 4.79 Å². The molecule has 0 radical (unpaired) electrons. The summed E-state index contributed by atoms with van der Waals surface area (Å²) in [5.41, 5.74) is 0. The van der Waals surface area contributed by atoms with E-state index in [4.69, 9.17) is 0 Å². The van der Waals surface area contributed by atoms with Crippen LogP contribution < -0.4 is 5.32 Å². The molecule has 0 bridgehead atoms. The number of rotatable bonds is 3. The molecule has 4 rings (SSSR count). The third-order valence-corrected chi connectivity index (χ3v) is 5.31. The Hall–Kier alpha value is -1.40. The molecular formula is C19H27N3OS2. The van der Waals surface area contributed by atoms with Gasteiger partial charge in [-0.25, -0.2) is 9.97 Å². The number of anilines is 1. The van der Waals surface area contributed by atoms with E-state index in [9.17, 15) is 4.79 Å². The highest BCUT2D eigenvalue weighted by Crippen LogP contribution is 2.30. The minimum atomic E-state index is 0.125. The highest BCUT2D eigenvalue weighted by Gasteiger charge is 2.29. The molecular weight excluding hydrogens is 350 g/mol. The first-order chi connectivity index (χ1) is 12.3. The van der Waals surface area contributed by atoms with Crippen LogP contribution in [0.5, 0.6) is 0 Å². The summed E-state index contributed by atoms with van der Waals surface area (Å²) in [5, 5.41) is 6.39. The summed E-state index contributed by atoms with van der Waals surface area (Å²) in [6.45, 7) is 0. The Morgan fingerprint density at radius 3 is 2.16 bits per heavy atom. The summed E-state index contributed by atoms with van der Waals surface area (Å²) in [7, 11) is 0. The molecule has 1 N–H and O–H groups in total. The van der Waals surface area contributed by atoms with E-state index < -0.39 is 0 Å². The third-order valence-electron chi connectivity index (χ3n) is 3.96. The monoisotopic (exact) mass is 377 g/mol. The van der Waals surface area contributed by atoms with Crippen LogP contribution in [0.4, 0.5) is 5.13 Å². The fourth-order valence-corrected chi connectivity index (χ4v) is 3.28. The lowest BCUT2D eigenvalue weighted by Gasteiger charge is -2.05. The number of hydrogen-bond donors (Lipinski definition) is 1. The average Bonchev–Trinajstić information content (AvgIpc) is 3.43. The second-order valence-electron chi connectivity index (χ2n) is 6.09. The van der Waals surface area contributed by atoms with Crippen LogP contribution in [0.25, 0.3) is 0 Å². The fourth-order valence-electron chi connectivity index (χ4n) is 2.37. The molecule has 0 aliphatic heterocycles. The lowest BCUT2D eigenvalue weighted by Crippen LogP contribution is -2.12. The van der Waals surface area contributed by atoms with Crippen molar-refractivity contribution in [3.05, 3.63) is 36.0 Å². The Bertz CT molecular complexity index is 570. The van der Waals surface area contributed by atoms with Crippen LogP contribution in [-0.2, 0) is 4.79 Å². The topological polar surface area (TPSA) is 54.9 Å². The number of carbonyl (C=O) groups excluding carboxylic acids is 1. The number of hydrogen-bond acceptors (Lipinski definition) is 5. The molecule has 136 valence electrons. The van der Waals surface area contributed by atoms with E-state index in [1.54, 1.807) is 24.2 Å². The second kappa shape index (κ2) is 12.0. The molecule has 2 fully saturated rings. The van der Waals surface area contributed by atoms with Crippen molar-refractivity contribution in [1.82, 2.24) is 9.97 Å². The summed E-state index contributed by atoms with van der Waals surface area (Å²) in [6.07, 6.45) is 16.6. The summed E-state index contributed by atoms with van der Waals surface area (Å²) in [5.74, 6) is 0.388. The molecule has 6 heteroatoms. The predicted molar refractivity (Wildman–Crippen MR) is 107 cm³/mol. The van der Waals surface area contributed by atoms with Gasteiger partial charge in [-0.2, -0.15) is 0 Å². The van der Waals surface area contributed by atoms with E-state index in [2.05, 4.69) is 15.3 Å². The lowest BCUT2D eigenvalue weighted by molar-refractivity contribution is -0.117. The molecule has 0 atom stereocenters. The van der Waals surface area contributed by atoms with Gasteiger partial charge in [0.15, 0.2) is 5.13 Å². The molecule has 0 saturated heterocycles. The zero-order chi connectivity index (χ0) is 17.7. The van der Waals surface area contributed by atoms with Gasteiger partial charge in [-0.3, -0.25) is 4.79 Å². The number of pyridine rings is 1. The molecule has 0 unspecified atom stereocenters. The summed E-state index contributed by atoms with van der Waals surface area (Å²) in [4.78, 5) is 19.1. The van der Waals surface area contributed by atoms with Crippen LogP contribution >= 0.6 is 23.1 Å². The Kier molecular flexibility index (Phi) is 9.59. The highest BCUT2D eigenvalue weighted by molar-refractivity contribution is 7.98. The van der Waals surface area contributed by atoms with Crippen LogP contribution in [-0.4, -0.2) is 22.1 Å². The quantitative estimate of drug-likeness (QED) is 0.704. The van der Waals surface area contributed by atoms with Crippen molar-refractivity contribution >= 4 is 34.1 Å². The number of amides is 1. The number of nitrogens with zero attached hydrogens (tertiary/aromatic N) is 2. The van der Waals surface area contributed by atoms with Crippen molar-refractivity contribution in [2.45, 2.75) is 56.4 Å². The van der Waals surface area contributed by atoms with Crippen molar-refractivity contribution in [1.29, 1.82) is 0 Å². The Balaban J connectivity index is 0.000000142. The number of thioether (sulfide) groups is 1. The minimum Gasteiger partial charge on any atom is -0.302 e. The molecule has 0 spiro atoms. The largest absolute Gasteiger partial charge is 0.302 e. The first kappa shape index (κ1) is 19.9. The lowest BCUT2D eigenvalue weighted by atomic mass is 10.0. The number of thiazole rings is 1. The molecule has 2 aromatic rings. The van der Waals surface area contributed by atoms with Gasteiger partial charge in [0.05, 0.1) is 5.03 Å². The summed E-state index contributed by atoms with van der Waals surface area (Å²) < 4.78 is 0. The highest BCUT2D eigenvalue weighted by atomic mass is 32.2. The van der Waals surface area contributed by atoms with Crippen LogP contribution in [0, 0.1) is 5.92 Å². The third kappa shape index (κ3) is 9.02. The zero-order valence-corrected chi connectivity index (χ0v) is 16.5. The van der Waals surface area contributed by atoms with Crippen molar-refractivity contribution in [3.8, 4) is 0 Å².